The molecule has 56 valence electrons. The second kappa shape index (κ2) is 4.06. The largest absolute Gasteiger partial charge is 1.00 e. The van der Waals surface area contributed by atoms with Crippen LogP contribution in [0.1, 0.15) is 6.42 Å². The zero-order valence-electron chi connectivity index (χ0n) is 5.13. The summed E-state index contributed by atoms with van der Waals surface area (Å²) in [4.78, 5) is 0. The third-order valence-corrected chi connectivity index (χ3v) is 1.64. The summed E-state index contributed by atoms with van der Waals surface area (Å²) >= 11 is 0. The third kappa shape index (κ3) is 2.10. The van der Waals surface area contributed by atoms with Crippen LogP contribution in [0.3, 0.4) is 0 Å². The van der Waals surface area contributed by atoms with Crippen molar-refractivity contribution in [2.45, 2.75) is 18.6 Å². The van der Waals surface area contributed by atoms with E-state index < -0.39 is 0 Å². The van der Waals surface area contributed by atoms with Crippen LogP contribution >= 0.6 is 0 Å². The Morgan fingerprint density at radius 3 is 2.44 bits per heavy atom. The van der Waals surface area contributed by atoms with E-state index in [1.54, 1.807) is 0 Å². The summed E-state index contributed by atoms with van der Waals surface area (Å²) in [7, 11) is 0. The lowest BCUT2D eigenvalue weighted by Crippen LogP contribution is -3.00. The minimum atomic E-state index is -0.278. The second-order valence-electron chi connectivity index (χ2n) is 2.23. The molecule has 1 saturated heterocycles. The van der Waals surface area contributed by atoms with Gasteiger partial charge in [0.1, 0.15) is 12.1 Å². The molecule has 1 rings (SSSR count). The minimum Gasteiger partial charge on any atom is -1.00 e. The van der Waals surface area contributed by atoms with Crippen LogP contribution in [-0.2, 0) is 0 Å². The topological polar surface area (TPSA) is 57.1 Å². The molecule has 1 aliphatic rings. The first-order valence-corrected chi connectivity index (χ1v) is 2.97. The van der Waals surface area contributed by atoms with Gasteiger partial charge in [-0.1, -0.05) is 0 Å². The average Bonchev–Trinajstić information content (AvgIpc) is 2.14. The molecule has 1 fully saturated rings. The Kier molecular flexibility index (Phi) is 4.14. The first kappa shape index (κ1) is 9.17. The Balaban J connectivity index is 0.000000640. The van der Waals surface area contributed by atoms with Gasteiger partial charge in [0.25, 0.3) is 0 Å². The lowest BCUT2D eigenvalue weighted by Gasteiger charge is -2.05. The maximum atomic E-state index is 9.00. The van der Waals surface area contributed by atoms with Gasteiger partial charge in [-0.15, -0.1) is 0 Å². The number of rotatable bonds is 1. The van der Waals surface area contributed by atoms with Crippen molar-refractivity contribution in [1.82, 2.24) is 0 Å². The molecule has 2 atom stereocenters. The Labute approximate surface area is 60.5 Å². The molecule has 3 nitrogen and oxygen atoms in total. The van der Waals surface area contributed by atoms with Gasteiger partial charge in [0, 0.05) is 6.42 Å². The van der Waals surface area contributed by atoms with Crippen molar-refractivity contribution >= 4 is 0 Å². The van der Waals surface area contributed by atoms with Crippen LogP contribution in [0, 0.1) is 0 Å². The van der Waals surface area contributed by atoms with Crippen molar-refractivity contribution in [3.8, 4) is 0 Å². The fourth-order valence-corrected chi connectivity index (χ4v) is 1.05. The number of hydrogen-bond donors (Lipinski definition) is 3. The third-order valence-electron chi connectivity index (χ3n) is 1.64. The zero-order chi connectivity index (χ0) is 5.98. The van der Waals surface area contributed by atoms with Crippen molar-refractivity contribution < 1.29 is 27.9 Å². The molecule has 0 amide bonds. The predicted octanol–water partition coefficient (Wildman–Crippen LogP) is -5.32. The van der Waals surface area contributed by atoms with Crippen LogP contribution in [0.25, 0.3) is 0 Å². The number of halogens is 1. The zero-order valence-corrected chi connectivity index (χ0v) is 5.88. The van der Waals surface area contributed by atoms with E-state index in [-0.39, 0.29) is 31.2 Å². The Morgan fingerprint density at radius 1 is 1.56 bits per heavy atom. The number of aliphatic hydroxyl groups excluding tert-OH is 2. The van der Waals surface area contributed by atoms with E-state index in [1.807, 2.05) is 5.32 Å². The van der Waals surface area contributed by atoms with E-state index in [0.29, 0.717) is 0 Å². The summed E-state index contributed by atoms with van der Waals surface area (Å²) in [5.74, 6) is 0. The normalized spacial score (nSPS) is 34.0. The molecule has 0 aliphatic carbocycles. The molecule has 0 saturated carbocycles. The van der Waals surface area contributed by atoms with E-state index in [1.165, 1.54) is 0 Å². The van der Waals surface area contributed by atoms with Crippen molar-refractivity contribution in [3.63, 3.8) is 0 Å². The monoisotopic (exact) mass is 153 g/mol. The predicted molar refractivity (Wildman–Crippen MR) is 28.3 cm³/mol. The van der Waals surface area contributed by atoms with Crippen LogP contribution in [0.4, 0.5) is 0 Å². The van der Waals surface area contributed by atoms with Gasteiger partial charge >= 0.3 is 0 Å². The van der Waals surface area contributed by atoms with Crippen molar-refractivity contribution in [1.29, 1.82) is 0 Å². The molecule has 1 heterocycles. The molecular formula is C5H12ClNO2. The fourth-order valence-electron chi connectivity index (χ4n) is 1.05. The SMILES string of the molecule is OC[C@H]1[NH2+]CC[C@@H]1O.[Cl-]. The highest BCUT2D eigenvalue weighted by molar-refractivity contribution is 4.68. The summed E-state index contributed by atoms with van der Waals surface area (Å²) in [5.41, 5.74) is 0. The molecule has 9 heavy (non-hydrogen) atoms. The van der Waals surface area contributed by atoms with Gasteiger partial charge < -0.3 is 27.9 Å². The van der Waals surface area contributed by atoms with Crippen molar-refractivity contribution in [2.24, 2.45) is 0 Å². The van der Waals surface area contributed by atoms with Crippen LogP contribution in [0.15, 0.2) is 0 Å². The molecule has 0 radical (unpaired) electrons. The molecule has 0 spiro atoms. The summed E-state index contributed by atoms with van der Waals surface area (Å²) < 4.78 is 0. The molecule has 1 aliphatic heterocycles. The van der Waals surface area contributed by atoms with Crippen LogP contribution in [0.5, 0.6) is 0 Å². The maximum Gasteiger partial charge on any atom is 0.136 e. The van der Waals surface area contributed by atoms with Crippen LogP contribution in [0.2, 0.25) is 0 Å². The summed E-state index contributed by atoms with van der Waals surface area (Å²) in [5, 5.41) is 19.5. The molecule has 4 N–H and O–H groups in total. The van der Waals surface area contributed by atoms with Gasteiger partial charge in [0.15, 0.2) is 0 Å². The first-order chi connectivity index (χ1) is 3.84. The van der Waals surface area contributed by atoms with Gasteiger partial charge in [-0.2, -0.15) is 0 Å². The second-order valence-corrected chi connectivity index (χ2v) is 2.23. The summed E-state index contributed by atoms with van der Waals surface area (Å²) in [6.45, 7) is 1.05. The molecule has 0 aromatic heterocycles. The summed E-state index contributed by atoms with van der Waals surface area (Å²) in [6, 6.07) is 0.0509. The lowest BCUT2D eigenvalue weighted by atomic mass is 10.2. The van der Waals surface area contributed by atoms with E-state index in [2.05, 4.69) is 0 Å². The van der Waals surface area contributed by atoms with Crippen molar-refractivity contribution in [2.75, 3.05) is 13.2 Å². The first-order valence-electron chi connectivity index (χ1n) is 2.97. The summed E-state index contributed by atoms with van der Waals surface area (Å²) in [6.07, 6.45) is 0.547. The molecular weight excluding hydrogens is 142 g/mol. The standard InChI is InChI=1S/C5H11NO2.ClH/c7-3-4-5(8)1-2-6-4;/h4-8H,1-3H2;1H/t4-,5+;/m1./s1. The number of quaternary nitrogens is 1. The highest BCUT2D eigenvalue weighted by Crippen LogP contribution is 1.97. The van der Waals surface area contributed by atoms with Gasteiger partial charge in [-0.25, -0.2) is 0 Å². The van der Waals surface area contributed by atoms with E-state index in [9.17, 15) is 0 Å². The van der Waals surface area contributed by atoms with Crippen LogP contribution in [-0.4, -0.2) is 35.5 Å². The van der Waals surface area contributed by atoms with Gasteiger partial charge in [0.2, 0.25) is 0 Å². The highest BCUT2D eigenvalue weighted by atomic mass is 35.5. The number of hydrogen-bond acceptors (Lipinski definition) is 2. The Hall–Kier alpha value is 0.170. The van der Waals surface area contributed by atoms with E-state index in [4.69, 9.17) is 10.2 Å². The van der Waals surface area contributed by atoms with Gasteiger partial charge in [0.05, 0.1) is 13.2 Å². The minimum absolute atomic E-state index is 0. The number of nitrogens with two attached hydrogens (primary N) is 1. The van der Waals surface area contributed by atoms with Crippen molar-refractivity contribution in [3.05, 3.63) is 0 Å². The molecule has 0 aromatic rings. The van der Waals surface area contributed by atoms with E-state index >= 15 is 0 Å². The average molecular weight is 154 g/mol. The maximum absolute atomic E-state index is 9.00. The quantitative estimate of drug-likeness (QED) is 0.353. The Morgan fingerprint density at radius 2 is 2.22 bits per heavy atom. The van der Waals surface area contributed by atoms with Crippen LogP contribution < -0.4 is 17.7 Å². The molecule has 0 bridgehead atoms. The molecule has 0 aromatic carbocycles. The van der Waals surface area contributed by atoms with Gasteiger partial charge in [-0.05, 0) is 0 Å². The van der Waals surface area contributed by atoms with E-state index in [0.717, 1.165) is 13.0 Å². The Bertz CT molecular complexity index is 81.4. The van der Waals surface area contributed by atoms with Gasteiger partial charge in [-0.3, -0.25) is 0 Å². The lowest BCUT2D eigenvalue weighted by molar-refractivity contribution is -0.674. The number of aliphatic hydroxyl groups is 2. The molecule has 4 heteroatoms. The smallest absolute Gasteiger partial charge is 0.136 e. The molecule has 0 unspecified atom stereocenters. The highest BCUT2D eigenvalue weighted by Gasteiger charge is 2.27. The fraction of sp³-hybridized carbons (Fsp3) is 1.00.